The minimum Gasteiger partial charge on any atom is -0.465 e. The van der Waals surface area contributed by atoms with Gasteiger partial charge in [0.2, 0.25) is 0 Å². The van der Waals surface area contributed by atoms with Crippen molar-refractivity contribution in [3.8, 4) is 0 Å². The molecule has 0 saturated heterocycles. The maximum Gasteiger partial charge on any atom is 0.338 e. The van der Waals surface area contributed by atoms with Crippen molar-refractivity contribution >= 4 is 27.9 Å². The fourth-order valence-electron chi connectivity index (χ4n) is 1.18. The number of carbonyl (C=O) groups is 2. The van der Waals surface area contributed by atoms with Crippen LogP contribution in [-0.4, -0.2) is 25.7 Å². The van der Waals surface area contributed by atoms with Crippen LogP contribution < -0.4 is 0 Å². The van der Waals surface area contributed by atoms with E-state index in [1.165, 1.54) is 19.2 Å². The zero-order valence-corrected chi connectivity index (χ0v) is 10.5. The van der Waals surface area contributed by atoms with Gasteiger partial charge in [-0.2, -0.15) is 0 Å². The first-order chi connectivity index (χ1) is 7.60. The lowest BCUT2D eigenvalue weighted by Crippen LogP contribution is -2.12. The quantitative estimate of drug-likeness (QED) is 0.801. The van der Waals surface area contributed by atoms with Gasteiger partial charge in [0, 0.05) is 4.47 Å². The summed E-state index contributed by atoms with van der Waals surface area (Å²) in [6, 6.07) is 4.71. The smallest absolute Gasteiger partial charge is 0.338 e. The molecule has 0 unspecified atom stereocenters. The van der Waals surface area contributed by atoms with Crippen molar-refractivity contribution in [1.82, 2.24) is 0 Å². The molecule has 0 saturated carbocycles. The van der Waals surface area contributed by atoms with Crippen LogP contribution in [0.4, 0.5) is 0 Å². The fourth-order valence-corrected chi connectivity index (χ4v) is 1.54. The Bertz CT molecular complexity index is 414. The third-order valence-electron chi connectivity index (χ3n) is 1.88. The summed E-state index contributed by atoms with van der Waals surface area (Å²) in [7, 11) is 1.26. The zero-order chi connectivity index (χ0) is 12.1. The Morgan fingerprint density at radius 3 is 2.50 bits per heavy atom. The maximum atomic E-state index is 11.6. The molecular formula is C11H11BrO4. The van der Waals surface area contributed by atoms with Gasteiger partial charge in [0.15, 0.2) is 0 Å². The molecule has 1 aromatic rings. The van der Waals surface area contributed by atoms with E-state index in [0.29, 0.717) is 4.47 Å². The van der Waals surface area contributed by atoms with Gasteiger partial charge in [-0.1, -0.05) is 15.9 Å². The second-order valence-corrected chi connectivity index (χ2v) is 3.82. The van der Waals surface area contributed by atoms with E-state index in [0.717, 1.165) is 0 Å². The van der Waals surface area contributed by atoms with Crippen LogP contribution in [0.5, 0.6) is 0 Å². The van der Waals surface area contributed by atoms with Gasteiger partial charge in [-0.05, 0) is 25.1 Å². The molecule has 0 heterocycles. The number of esters is 2. The lowest BCUT2D eigenvalue weighted by molar-refractivity contribution is 0.0504. The van der Waals surface area contributed by atoms with Crippen LogP contribution in [0, 0.1) is 0 Å². The summed E-state index contributed by atoms with van der Waals surface area (Å²) in [6.45, 7) is 1.96. The SMILES string of the molecule is CCOC(=O)c1ccc(Br)cc1C(=O)OC. The largest absolute Gasteiger partial charge is 0.465 e. The van der Waals surface area contributed by atoms with Crippen molar-refractivity contribution in [2.24, 2.45) is 0 Å². The fraction of sp³-hybridized carbons (Fsp3) is 0.273. The predicted molar refractivity (Wildman–Crippen MR) is 61.4 cm³/mol. The molecule has 0 spiro atoms. The molecule has 0 aromatic heterocycles. The molecule has 0 atom stereocenters. The zero-order valence-electron chi connectivity index (χ0n) is 8.95. The first-order valence-corrected chi connectivity index (χ1v) is 5.44. The number of rotatable bonds is 3. The number of hydrogen-bond acceptors (Lipinski definition) is 4. The Morgan fingerprint density at radius 1 is 1.25 bits per heavy atom. The lowest BCUT2D eigenvalue weighted by atomic mass is 10.1. The first kappa shape index (κ1) is 12.7. The molecule has 5 heteroatoms. The first-order valence-electron chi connectivity index (χ1n) is 4.65. The van der Waals surface area contributed by atoms with E-state index in [4.69, 9.17) is 4.74 Å². The van der Waals surface area contributed by atoms with Crippen LogP contribution in [0.2, 0.25) is 0 Å². The molecule has 0 aliphatic rings. The molecule has 0 fully saturated rings. The summed E-state index contributed by atoms with van der Waals surface area (Å²) in [5, 5.41) is 0. The number of methoxy groups -OCH3 is 1. The highest BCUT2D eigenvalue weighted by Gasteiger charge is 2.18. The summed E-state index contributed by atoms with van der Waals surface area (Å²) >= 11 is 3.22. The third kappa shape index (κ3) is 2.82. The van der Waals surface area contributed by atoms with Gasteiger partial charge in [0.25, 0.3) is 0 Å². The van der Waals surface area contributed by atoms with E-state index in [1.807, 2.05) is 0 Å². The summed E-state index contributed by atoms with van der Waals surface area (Å²) in [5.74, 6) is -1.10. The highest BCUT2D eigenvalue weighted by Crippen LogP contribution is 2.18. The van der Waals surface area contributed by atoms with E-state index < -0.39 is 11.9 Å². The van der Waals surface area contributed by atoms with Crippen molar-refractivity contribution in [3.63, 3.8) is 0 Å². The average molecular weight is 287 g/mol. The second kappa shape index (κ2) is 5.65. The van der Waals surface area contributed by atoms with E-state index in [2.05, 4.69) is 20.7 Å². The van der Waals surface area contributed by atoms with Crippen LogP contribution in [0.25, 0.3) is 0 Å². The summed E-state index contributed by atoms with van der Waals surface area (Å²) in [6.07, 6.45) is 0. The number of carbonyl (C=O) groups excluding carboxylic acids is 2. The third-order valence-corrected chi connectivity index (χ3v) is 2.38. The van der Waals surface area contributed by atoms with Gasteiger partial charge >= 0.3 is 11.9 Å². The van der Waals surface area contributed by atoms with E-state index in [1.54, 1.807) is 13.0 Å². The Balaban J connectivity index is 3.17. The normalized spacial score (nSPS) is 9.69. The molecule has 0 bridgehead atoms. The molecule has 0 aliphatic carbocycles. The van der Waals surface area contributed by atoms with E-state index in [9.17, 15) is 9.59 Å². The highest BCUT2D eigenvalue weighted by atomic mass is 79.9. The second-order valence-electron chi connectivity index (χ2n) is 2.90. The summed E-state index contributed by atoms with van der Waals surface area (Å²) in [4.78, 5) is 23.0. The Labute approximate surface area is 102 Å². The molecule has 0 amide bonds. The molecule has 86 valence electrons. The molecule has 0 radical (unpaired) electrons. The van der Waals surface area contributed by atoms with Crippen LogP contribution >= 0.6 is 15.9 Å². The Morgan fingerprint density at radius 2 is 1.94 bits per heavy atom. The van der Waals surface area contributed by atoms with Gasteiger partial charge < -0.3 is 9.47 Å². The molecule has 1 aromatic carbocycles. The highest BCUT2D eigenvalue weighted by molar-refractivity contribution is 9.10. The number of benzene rings is 1. The predicted octanol–water partition coefficient (Wildman–Crippen LogP) is 2.41. The average Bonchev–Trinajstić information content (AvgIpc) is 2.28. The molecule has 16 heavy (non-hydrogen) atoms. The topological polar surface area (TPSA) is 52.6 Å². The van der Waals surface area contributed by atoms with Crippen LogP contribution in [0.3, 0.4) is 0 Å². The van der Waals surface area contributed by atoms with E-state index >= 15 is 0 Å². The van der Waals surface area contributed by atoms with Crippen molar-refractivity contribution in [3.05, 3.63) is 33.8 Å². The molecule has 4 nitrogen and oxygen atoms in total. The van der Waals surface area contributed by atoms with Crippen molar-refractivity contribution in [2.75, 3.05) is 13.7 Å². The van der Waals surface area contributed by atoms with Crippen molar-refractivity contribution in [2.45, 2.75) is 6.92 Å². The van der Waals surface area contributed by atoms with Crippen LogP contribution in [0.1, 0.15) is 27.6 Å². The lowest BCUT2D eigenvalue weighted by Gasteiger charge is -2.07. The van der Waals surface area contributed by atoms with E-state index in [-0.39, 0.29) is 17.7 Å². The number of hydrogen-bond donors (Lipinski definition) is 0. The minimum atomic E-state index is -0.565. The minimum absolute atomic E-state index is 0.190. The number of halogens is 1. The van der Waals surface area contributed by atoms with Gasteiger partial charge in [-0.25, -0.2) is 9.59 Å². The van der Waals surface area contributed by atoms with Crippen molar-refractivity contribution in [1.29, 1.82) is 0 Å². The standard InChI is InChI=1S/C11H11BrO4/c1-3-16-11(14)8-5-4-7(12)6-9(8)10(13)15-2/h4-6H,3H2,1-2H3. The Hall–Kier alpha value is -1.36. The summed E-state index contributed by atoms with van der Waals surface area (Å²) in [5.41, 5.74) is 0.396. The monoisotopic (exact) mass is 286 g/mol. The van der Waals surface area contributed by atoms with Crippen LogP contribution in [0.15, 0.2) is 22.7 Å². The molecular weight excluding hydrogens is 276 g/mol. The van der Waals surface area contributed by atoms with Gasteiger partial charge in [-0.15, -0.1) is 0 Å². The maximum absolute atomic E-state index is 11.6. The van der Waals surface area contributed by atoms with Gasteiger partial charge in [0.05, 0.1) is 24.8 Å². The molecule has 0 N–H and O–H groups in total. The van der Waals surface area contributed by atoms with Gasteiger partial charge in [0.1, 0.15) is 0 Å². The summed E-state index contributed by atoms with van der Waals surface area (Å²) < 4.78 is 10.1. The number of ether oxygens (including phenoxy) is 2. The van der Waals surface area contributed by atoms with Crippen LogP contribution in [-0.2, 0) is 9.47 Å². The van der Waals surface area contributed by atoms with Gasteiger partial charge in [-0.3, -0.25) is 0 Å². The molecule has 0 aliphatic heterocycles. The van der Waals surface area contributed by atoms with Crippen molar-refractivity contribution < 1.29 is 19.1 Å². The Kier molecular flexibility index (Phi) is 4.49. The molecule has 1 rings (SSSR count).